The van der Waals surface area contributed by atoms with Crippen LogP contribution in [0.1, 0.15) is 12.8 Å². The van der Waals surface area contributed by atoms with Gasteiger partial charge in [0.2, 0.25) is 11.8 Å². The SMILES string of the molecule is NCC(=O)NC(=O)NCCC[C@H](N)C(=O)NCC(=O)O. The van der Waals surface area contributed by atoms with Crippen LogP contribution in [0.25, 0.3) is 0 Å². The third kappa shape index (κ3) is 8.83. The smallest absolute Gasteiger partial charge is 0.322 e. The van der Waals surface area contributed by atoms with Crippen molar-refractivity contribution in [2.75, 3.05) is 19.6 Å². The number of hydrogen-bond donors (Lipinski definition) is 6. The van der Waals surface area contributed by atoms with Crippen molar-refractivity contribution in [3.05, 3.63) is 0 Å². The van der Waals surface area contributed by atoms with Gasteiger partial charge in [0.25, 0.3) is 0 Å². The van der Waals surface area contributed by atoms with Crippen molar-refractivity contribution >= 4 is 23.8 Å². The van der Waals surface area contributed by atoms with Gasteiger partial charge in [-0.15, -0.1) is 0 Å². The molecule has 0 rings (SSSR count). The quantitative estimate of drug-likeness (QED) is 0.259. The lowest BCUT2D eigenvalue weighted by molar-refractivity contribution is -0.138. The van der Waals surface area contributed by atoms with E-state index < -0.39 is 36.4 Å². The lowest BCUT2D eigenvalue weighted by Crippen LogP contribution is -2.44. The molecular formula is C10H19N5O5. The summed E-state index contributed by atoms with van der Waals surface area (Å²) in [4.78, 5) is 43.4. The molecule has 0 bridgehead atoms. The van der Waals surface area contributed by atoms with Crippen LogP contribution < -0.4 is 27.4 Å². The zero-order valence-corrected chi connectivity index (χ0v) is 10.8. The van der Waals surface area contributed by atoms with E-state index in [0.717, 1.165) is 0 Å². The summed E-state index contributed by atoms with van der Waals surface area (Å²) in [5.74, 6) is -2.34. The third-order valence-corrected chi connectivity index (χ3v) is 2.17. The molecule has 114 valence electrons. The minimum atomic E-state index is -1.16. The molecule has 0 heterocycles. The second kappa shape index (κ2) is 9.69. The Morgan fingerprint density at radius 1 is 1.15 bits per heavy atom. The Balaban J connectivity index is 3.73. The van der Waals surface area contributed by atoms with E-state index in [9.17, 15) is 19.2 Å². The molecule has 0 saturated carbocycles. The van der Waals surface area contributed by atoms with E-state index in [4.69, 9.17) is 16.6 Å². The van der Waals surface area contributed by atoms with Crippen molar-refractivity contribution in [2.45, 2.75) is 18.9 Å². The topological polar surface area (TPSA) is 177 Å². The minimum Gasteiger partial charge on any atom is -0.480 e. The molecule has 1 atom stereocenters. The van der Waals surface area contributed by atoms with Crippen LogP contribution in [0.3, 0.4) is 0 Å². The fourth-order valence-corrected chi connectivity index (χ4v) is 1.17. The fraction of sp³-hybridized carbons (Fsp3) is 0.600. The van der Waals surface area contributed by atoms with E-state index in [-0.39, 0.29) is 19.5 Å². The number of amides is 4. The average Bonchev–Trinajstić information content (AvgIpc) is 2.40. The fourth-order valence-electron chi connectivity index (χ4n) is 1.17. The van der Waals surface area contributed by atoms with Crippen LogP contribution in [0.2, 0.25) is 0 Å². The summed E-state index contributed by atoms with van der Waals surface area (Å²) in [5, 5.41) is 14.9. The largest absolute Gasteiger partial charge is 0.480 e. The van der Waals surface area contributed by atoms with Crippen molar-refractivity contribution in [3.63, 3.8) is 0 Å². The molecule has 0 aliphatic heterocycles. The number of rotatable bonds is 8. The summed E-state index contributed by atoms with van der Waals surface area (Å²) in [6.45, 7) is -0.569. The van der Waals surface area contributed by atoms with Crippen LogP contribution in [0, 0.1) is 0 Å². The number of hydrogen-bond acceptors (Lipinski definition) is 6. The van der Waals surface area contributed by atoms with Gasteiger partial charge >= 0.3 is 12.0 Å². The summed E-state index contributed by atoms with van der Waals surface area (Å²) in [6, 6.07) is -1.53. The molecule has 4 amide bonds. The van der Waals surface area contributed by atoms with Crippen LogP contribution in [-0.4, -0.2) is 54.6 Å². The van der Waals surface area contributed by atoms with Crippen molar-refractivity contribution in [1.82, 2.24) is 16.0 Å². The zero-order chi connectivity index (χ0) is 15.5. The Kier molecular flexibility index (Phi) is 8.63. The normalized spacial score (nSPS) is 11.3. The molecule has 0 saturated heterocycles. The van der Waals surface area contributed by atoms with E-state index in [0.29, 0.717) is 6.42 Å². The second-order valence-electron chi connectivity index (χ2n) is 3.87. The van der Waals surface area contributed by atoms with Gasteiger partial charge in [0.15, 0.2) is 0 Å². The molecule has 0 aromatic rings. The highest BCUT2D eigenvalue weighted by Gasteiger charge is 2.13. The number of nitrogens with two attached hydrogens (primary N) is 2. The first-order valence-corrected chi connectivity index (χ1v) is 5.89. The van der Waals surface area contributed by atoms with Crippen LogP contribution in [0.15, 0.2) is 0 Å². The average molecular weight is 289 g/mol. The van der Waals surface area contributed by atoms with E-state index in [1.807, 2.05) is 5.32 Å². The van der Waals surface area contributed by atoms with Gasteiger partial charge in [-0.25, -0.2) is 4.79 Å². The van der Waals surface area contributed by atoms with Gasteiger partial charge in [-0.3, -0.25) is 19.7 Å². The standard InChI is InChI=1S/C10H19N5O5/c11-4-7(16)15-10(20)13-3-1-2-6(12)9(19)14-5-8(17)18/h6H,1-5,11-12H2,(H,14,19)(H,17,18)(H2,13,15,16,20)/t6-/m0/s1. The molecule has 10 nitrogen and oxygen atoms in total. The van der Waals surface area contributed by atoms with Crippen molar-refractivity contribution in [1.29, 1.82) is 0 Å². The monoisotopic (exact) mass is 289 g/mol. The number of carbonyl (C=O) groups excluding carboxylic acids is 3. The lowest BCUT2D eigenvalue weighted by atomic mass is 10.1. The summed E-state index contributed by atoms with van der Waals surface area (Å²) < 4.78 is 0. The second-order valence-corrected chi connectivity index (χ2v) is 3.87. The summed E-state index contributed by atoms with van der Waals surface area (Å²) in [7, 11) is 0. The first-order chi connectivity index (χ1) is 9.36. The van der Waals surface area contributed by atoms with E-state index >= 15 is 0 Å². The zero-order valence-electron chi connectivity index (χ0n) is 10.8. The van der Waals surface area contributed by atoms with Gasteiger partial charge in [-0.1, -0.05) is 0 Å². The number of carboxylic acid groups (broad SMARTS) is 1. The Hall–Kier alpha value is -2.20. The summed E-state index contributed by atoms with van der Waals surface area (Å²) in [6.07, 6.45) is 0.655. The molecule has 10 heteroatoms. The predicted molar refractivity (Wildman–Crippen MR) is 68.5 cm³/mol. The highest BCUT2D eigenvalue weighted by molar-refractivity contribution is 5.95. The maximum atomic E-state index is 11.3. The third-order valence-electron chi connectivity index (χ3n) is 2.17. The van der Waals surface area contributed by atoms with Crippen LogP contribution in [0.4, 0.5) is 4.79 Å². The molecule has 0 aliphatic rings. The highest BCUT2D eigenvalue weighted by Crippen LogP contribution is 1.93. The van der Waals surface area contributed by atoms with Gasteiger partial charge in [-0.2, -0.15) is 0 Å². The predicted octanol–water partition coefficient (Wildman–Crippen LogP) is -2.92. The number of carboxylic acids is 1. The van der Waals surface area contributed by atoms with Crippen LogP contribution >= 0.6 is 0 Å². The number of urea groups is 1. The van der Waals surface area contributed by atoms with Crippen molar-refractivity contribution in [3.8, 4) is 0 Å². The van der Waals surface area contributed by atoms with E-state index in [1.54, 1.807) is 0 Å². The van der Waals surface area contributed by atoms with Crippen LogP contribution in [-0.2, 0) is 14.4 Å². The molecular weight excluding hydrogens is 270 g/mol. The number of nitrogens with one attached hydrogen (secondary N) is 3. The van der Waals surface area contributed by atoms with Gasteiger partial charge in [0.1, 0.15) is 6.54 Å². The first kappa shape index (κ1) is 17.8. The van der Waals surface area contributed by atoms with Crippen molar-refractivity contribution < 1.29 is 24.3 Å². The summed E-state index contributed by atoms with van der Waals surface area (Å²) in [5.41, 5.74) is 10.5. The Morgan fingerprint density at radius 2 is 1.80 bits per heavy atom. The first-order valence-electron chi connectivity index (χ1n) is 5.89. The minimum absolute atomic E-state index is 0.212. The number of aliphatic carboxylic acids is 1. The molecule has 0 spiro atoms. The van der Waals surface area contributed by atoms with Gasteiger partial charge in [0.05, 0.1) is 12.6 Å². The molecule has 0 radical (unpaired) electrons. The maximum absolute atomic E-state index is 11.3. The molecule has 0 aromatic heterocycles. The van der Waals surface area contributed by atoms with Crippen LogP contribution in [0.5, 0.6) is 0 Å². The number of imide groups is 1. The molecule has 20 heavy (non-hydrogen) atoms. The van der Waals surface area contributed by atoms with Gasteiger partial charge in [-0.05, 0) is 12.8 Å². The highest BCUT2D eigenvalue weighted by atomic mass is 16.4. The summed E-state index contributed by atoms with van der Waals surface area (Å²) >= 11 is 0. The Bertz CT molecular complexity index is 373. The molecule has 0 unspecified atom stereocenters. The van der Waals surface area contributed by atoms with Gasteiger partial charge < -0.3 is 27.2 Å². The Morgan fingerprint density at radius 3 is 2.35 bits per heavy atom. The Labute approximate surface area is 115 Å². The molecule has 8 N–H and O–H groups in total. The molecule has 0 aliphatic carbocycles. The maximum Gasteiger partial charge on any atom is 0.322 e. The van der Waals surface area contributed by atoms with Gasteiger partial charge in [0, 0.05) is 6.54 Å². The van der Waals surface area contributed by atoms with E-state index in [2.05, 4.69) is 10.6 Å². The lowest BCUT2D eigenvalue weighted by Gasteiger charge is -2.11. The van der Waals surface area contributed by atoms with E-state index in [1.165, 1.54) is 0 Å². The molecule has 0 fully saturated rings. The number of carbonyl (C=O) groups is 4. The van der Waals surface area contributed by atoms with Crippen molar-refractivity contribution in [2.24, 2.45) is 11.5 Å². The molecule has 0 aromatic carbocycles.